The molecule has 5 heteroatoms. The molecule has 0 unspecified atom stereocenters. The van der Waals surface area contributed by atoms with Crippen molar-refractivity contribution in [3.8, 4) is 0 Å². The largest absolute Gasteiger partial charge is 0.354 e. The van der Waals surface area contributed by atoms with Crippen molar-refractivity contribution in [1.29, 1.82) is 0 Å². The van der Waals surface area contributed by atoms with Crippen LogP contribution in [-0.2, 0) is 6.42 Å². The predicted molar refractivity (Wildman–Crippen MR) is 69.3 cm³/mol. The molecule has 98 valence electrons. The van der Waals surface area contributed by atoms with Crippen LogP contribution >= 0.6 is 0 Å². The molecule has 0 aliphatic carbocycles. The Bertz CT molecular complexity index is 400. The lowest BCUT2D eigenvalue weighted by molar-refractivity contribution is 0.0958. The Morgan fingerprint density at radius 2 is 2.33 bits per heavy atom. The summed E-state index contributed by atoms with van der Waals surface area (Å²) in [6.07, 6.45) is 6.05. The lowest BCUT2D eigenvalue weighted by Crippen LogP contribution is -2.20. The molecule has 0 spiro atoms. The molecule has 1 amide bonds. The molecule has 1 fully saturated rings. The van der Waals surface area contributed by atoms with E-state index in [-0.39, 0.29) is 5.91 Å². The fourth-order valence-corrected chi connectivity index (χ4v) is 2.35. The van der Waals surface area contributed by atoms with Crippen LogP contribution in [0, 0.1) is 5.92 Å². The highest BCUT2D eigenvalue weighted by Crippen LogP contribution is 2.18. The van der Waals surface area contributed by atoms with E-state index in [2.05, 4.69) is 20.6 Å². The minimum absolute atomic E-state index is 0.152. The molecule has 1 aromatic rings. The first-order valence-corrected chi connectivity index (χ1v) is 6.53. The number of hydrogen-bond acceptors (Lipinski definition) is 4. The molecular formula is C13H20N4O. The SMILES string of the molecule is CNC(=O)c1cc(C[C@@H]2CCCNCC2)ncn1. The van der Waals surface area contributed by atoms with Crippen molar-refractivity contribution in [1.82, 2.24) is 20.6 Å². The first-order valence-electron chi connectivity index (χ1n) is 6.53. The van der Waals surface area contributed by atoms with Crippen molar-refractivity contribution in [2.24, 2.45) is 5.92 Å². The van der Waals surface area contributed by atoms with Crippen LogP contribution in [0.15, 0.2) is 12.4 Å². The average molecular weight is 248 g/mol. The van der Waals surface area contributed by atoms with E-state index in [0.717, 1.165) is 25.2 Å². The van der Waals surface area contributed by atoms with E-state index in [1.54, 1.807) is 13.1 Å². The zero-order valence-electron chi connectivity index (χ0n) is 10.8. The fourth-order valence-electron chi connectivity index (χ4n) is 2.35. The van der Waals surface area contributed by atoms with E-state index in [1.807, 2.05) is 0 Å². The van der Waals surface area contributed by atoms with E-state index in [0.29, 0.717) is 11.6 Å². The molecule has 18 heavy (non-hydrogen) atoms. The first kappa shape index (κ1) is 13.0. The molecule has 0 radical (unpaired) electrons. The van der Waals surface area contributed by atoms with Gasteiger partial charge in [0.15, 0.2) is 0 Å². The number of hydrogen-bond donors (Lipinski definition) is 2. The standard InChI is InChI=1S/C13H20N4O/c1-14-13(18)12-8-11(16-9-17-12)7-10-3-2-5-15-6-4-10/h8-10,15H,2-7H2,1H3,(H,14,18)/t10-/m1/s1. The molecule has 1 aromatic heterocycles. The average Bonchev–Trinajstić information content (AvgIpc) is 2.67. The molecule has 1 saturated heterocycles. The van der Waals surface area contributed by atoms with Gasteiger partial charge in [0.1, 0.15) is 12.0 Å². The highest BCUT2D eigenvalue weighted by molar-refractivity contribution is 5.91. The molecule has 1 aliphatic rings. The topological polar surface area (TPSA) is 66.9 Å². The Hall–Kier alpha value is -1.49. The number of rotatable bonds is 3. The first-order chi connectivity index (χ1) is 8.79. The van der Waals surface area contributed by atoms with Crippen LogP contribution in [-0.4, -0.2) is 36.0 Å². The zero-order chi connectivity index (χ0) is 12.8. The monoisotopic (exact) mass is 248 g/mol. The third-order valence-electron chi connectivity index (χ3n) is 3.38. The molecule has 5 nitrogen and oxygen atoms in total. The molecule has 0 saturated carbocycles. The third-order valence-corrected chi connectivity index (χ3v) is 3.38. The van der Waals surface area contributed by atoms with Crippen molar-refractivity contribution in [3.05, 3.63) is 23.8 Å². The van der Waals surface area contributed by atoms with Gasteiger partial charge in [0.05, 0.1) is 0 Å². The molecule has 2 heterocycles. The van der Waals surface area contributed by atoms with Crippen LogP contribution in [0.2, 0.25) is 0 Å². The minimum Gasteiger partial charge on any atom is -0.354 e. The van der Waals surface area contributed by atoms with Crippen LogP contribution < -0.4 is 10.6 Å². The van der Waals surface area contributed by atoms with Crippen LogP contribution in [0.5, 0.6) is 0 Å². The predicted octanol–water partition coefficient (Wildman–Crippen LogP) is 0.768. The van der Waals surface area contributed by atoms with Crippen molar-refractivity contribution in [3.63, 3.8) is 0 Å². The van der Waals surface area contributed by atoms with Crippen LogP contribution in [0.3, 0.4) is 0 Å². The lowest BCUT2D eigenvalue weighted by Gasteiger charge is -2.12. The number of carbonyl (C=O) groups excluding carboxylic acids is 1. The highest BCUT2D eigenvalue weighted by Gasteiger charge is 2.14. The van der Waals surface area contributed by atoms with Gasteiger partial charge in [-0.05, 0) is 50.8 Å². The summed E-state index contributed by atoms with van der Waals surface area (Å²) in [5, 5.41) is 5.99. The van der Waals surface area contributed by atoms with E-state index in [9.17, 15) is 4.79 Å². The van der Waals surface area contributed by atoms with Crippen molar-refractivity contribution < 1.29 is 4.79 Å². The Labute approximate surface area is 107 Å². The number of nitrogens with one attached hydrogen (secondary N) is 2. The van der Waals surface area contributed by atoms with Crippen LogP contribution in [0.4, 0.5) is 0 Å². The normalized spacial score (nSPS) is 20.2. The summed E-state index contributed by atoms with van der Waals surface area (Å²) in [7, 11) is 1.61. The molecule has 2 N–H and O–H groups in total. The maximum atomic E-state index is 11.5. The quantitative estimate of drug-likeness (QED) is 0.829. The molecule has 0 aromatic carbocycles. The summed E-state index contributed by atoms with van der Waals surface area (Å²) >= 11 is 0. The zero-order valence-corrected chi connectivity index (χ0v) is 10.8. The number of nitrogens with zero attached hydrogens (tertiary/aromatic N) is 2. The van der Waals surface area contributed by atoms with Crippen molar-refractivity contribution in [2.75, 3.05) is 20.1 Å². The second-order valence-electron chi connectivity index (χ2n) is 4.72. The molecule has 2 rings (SSSR count). The molecule has 1 atom stereocenters. The summed E-state index contributed by atoms with van der Waals surface area (Å²) in [5.41, 5.74) is 1.42. The van der Waals surface area contributed by atoms with Gasteiger partial charge in [-0.1, -0.05) is 0 Å². The molecular weight excluding hydrogens is 228 g/mol. The summed E-state index contributed by atoms with van der Waals surface area (Å²) in [6, 6.07) is 1.80. The molecule has 0 bridgehead atoms. The summed E-state index contributed by atoms with van der Waals surface area (Å²) < 4.78 is 0. The maximum Gasteiger partial charge on any atom is 0.269 e. The minimum atomic E-state index is -0.152. The van der Waals surface area contributed by atoms with Gasteiger partial charge in [-0.25, -0.2) is 9.97 Å². The van der Waals surface area contributed by atoms with Gasteiger partial charge in [-0.15, -0.1) is 0 Å². The van der Waals surface area contributed by atoms with E-state index >= 15 is 0 Å². The summed E-state index contributed by atoms with van der Waals surface area (Å²) in [4.78, 5) is 19.8. The van der Waals surface area contributed by atoms with E-state index < -0.39 is 0 Å². The Morgan fingerprint density at radius 1 is 1.44 bits per heavy atom. The summed E-state index contributed by atoms with van der Waals surface area (Å²) in [5.74, 6) is 0.508. The Balaban J connectivity index is 2.01. The van der Waals surface area contributed by atoms with Crippen molar-refractivity contribution >= 4 is 5.91 Å². The lowest BCUT2D eigenvalue weighted by atomic mass is 9.95. The van der Waals surface area contributed by atoms with Crippen molar-refractivity contribution in [2.45, 2.75) is 25.7 Å². The fraction of sp³-hybridized carbons (Fsp3) is 0.615. The van der Waals surface area contributed by atoms with Gasteiger partial charge in [0, 0.05) is 12.7 Å². The summed E-state index contributed by atoms with van der Waals surface area (Å²) in [6.45, 7) is 2.20. The van der Waals surface area contributed by atoms with Gasteiger partial charge in [0.2, 0.25) is 0 Å². The van der Waals surface area contributed by atoms with E-state index in [4.69, 9.17) is 0 Å². The second-order valence-corrected chi connectivity index (χ2v) is 4.72. The number of carbonyl (C=O) groups is 1. The van der Waals surface area contributed by atoms with Gasteiger partial charge < -0.3 is 10.6 Å². The maximum absolute atomic E-state index is 11.5. The Kier molecular flexibility index (Phi) is 4.64. The van der Waals surface area contributed by atoms with Crippen LogP contribution in [0.1, 0.15) is 35.4 Å². The van der Waals surface area contributed by atoms with Gasteiger partial charge in [0.25, 0.3) is 5.91 Å². The molecule has 1 aliphatic heterocycles. The Morgan fingerprint density at radius 3 is 3.17 bits per heavy atom. The number of aromatic nitrogens is 2. The third kappa shape index (κ3) is 3.50. The van der Waals surface area contributed by atoms with Gasteiger partial charge in [-0.2, -0.15) is 0 Å². The smallest absolute Gasteiger partial charge is 0.269 e. The van der Waals surface area contributed by atoms with Gasteiger partial charge >= 0.3 is 0 Å². The van der Waals surface area contributed by atoms with Gasteiger partial charge in [-0.3, -0.25) is 4.79 Å². The second kappa shape index (κ2) is 6.44. The van der Waals surface area contributed by atoms with Crippen LogP contribution in [0.25, 0.3) is 0 Å². The number of amides is 1. The highest BCUT2D eigenvalue weighted by atomic mass is 16.1. The van der Waals surface area contributed by atoms with E-state index in [1.165, 1.54) is 25.6 Å².